The molecule has 0 saturated heterocycles. The third kappa shape index (κ3) is 3.47. The fraction of sp³-hybridized carbons (Fsp3) is 0.500. The van der Waals surface area contributed by atoms with Gasteiger partial charge in [-0.2, -0.15) is 0 Å². The Kier molecular flexibility index (Phi) is 5.16. The molecule has 4 nitrogen and oxygen atoms in total. The van der Waals surface area contributed by atoms with Crippen LogP contribution in [0.25, 0.3) is 0 Å². The van der Waals surface area contributed by atoms with Crippen LogP contribution in [0.1, 0.15) is 29.8 Å². The van der Waals surface area contributed by atoms with Gasteiger partial charge in [0.2, 0.25) is 0 Å². The number of carbonyl (C=O) groups excluding carboxylic acids is 1. The topological polar surface area (TPSA) is 66.6 Å². The molecule has 1 atom stereocenters. The first kappa shape index (κ1) is 14.5. The molecule has 0 fully saturated rings. The molecule has 1 rings (SSSR count). The van der Waals surface area contributed by atoms with Gasteiger partial charge in [-0.05, 0) is 44.0 Å². The van der Waals surface area contributed by atoms with E-state index in [4.69, 9.17) is 5.73 Å². The number of hydrogen-bond acceptors (Lipinski definition) is 3. The van der Waals surface area contributed by atoms with E-state index in [1.165, 1.54) is 6.07 Å². The molecule has 0 aliphatic carbocycles. The fourth-order valence-electron chi connectivity index (χ4n) is 1.73. The maximum atomic E-state index is 12.3. The van der Waals surface area contributed by atoms with Gasteiger partial charge in [-0.25, -0.2) is 0 Å². The van der Waals surface area contributed by atoms with E-state index in [1.54, 1.807) is 24.0 Å². The van der Waals surface area contributed by atoms with E-state index in [2.05, 4.69) is 0 Å². The normalized spacial score (nSPS) is 12.2. The van der Waals surface area contributed by atoms with Crippen LogP contribution in [-0.2, 0) is 0 Å². The number of amides is 1. The molecule has 0 saturated carbocycles. The molecular weight excluding hydrogens is 228 g/mol. The highest BCUT2D eigenvalue weighted by molar-refractivity contribution is 5.94. The molecule has 0 spiro atoms. The van der Waals surface area contributed by atoms with Crippen LogP contribution < -0.4 is 5.73 Å². The summed E-state index contributed by atoms with van der Waals surface area (Å²) in [5.74, 6) is 0.366. The Morgan fingerprint density at radius 3 is 2.67 bits per heavy atom. The molecule has 100 valence electrons. The van der Waals surface area contributed by atoms with Crippen LogP contribution in [-0.4, -0.2) is 35.5 Å². The van der Waals surface area contributed by atoms with Crippen LogP contribution in [0, 0.1) is 12.8 Å². The van der Waals surface area contributed by atoms with Gasteiger partial charge in [0, 0.05) is 18.7 Å². The molecule has 1 unspecified atom stereocenters. The Bertz CT molecular complexity index is 418. The van der Waals surface area contributed by atoms with Crippen molar-refractivity contribution < 1.29 is 9.90 Å². The zero-order chi connectivity index (χ0) is 13.7. The number of rotatable bonds is 5. The van der Waals surface area contributed by atoms with Gasteiger partial charge < -0.3 is 15.7 Å². The molecule has 18 heavy (non-hydrogen) atoms. The van der Waals surface area contributed by atoms with Crippen molar-refractivity contribution in [1.82, 2.24) is 4.90 Å². The lowest BCUT2D eigenvalue weighted by Gasteiger charge is -2.24. The third-order valence-electron chi connectivity index (χ3n) is 3.06. The zero-order valence-corrected chi connectivity index (χ0v) is 11.3. The van der Waals surface area contributed by atoms with E-state index in [0.717, 1.165) is 5.56 Å². The molecule has 0 aliphatic heterocycles. The first-order valence-electron chi connectivity index (χ1n) is 6.28. The number of nitrogens with zero attached hydrogens (tertiary/aromatic N) is 1. The zero-order valence-electron chi connectivity index (χ0n) is 11.3. The summed E-state index contributed by atoms with van der Waals surface area (Å²) >= 11 is 0. The number of phenols is 1. The van der Waals surface area contributed by atoms with E-state index in [-0.39, 0.29) is 17.6 Å². The van der Waals surface area contributed by atoms with Crippen LogP contribution >= 0.6 is 0 Å². The average Bonchev–Trinajstić information content (AvgIpc) is 2.38. The molecule has 0 aromatic heterocycles. The minimum absolute atomic E-state index is 0.0619. The summed E-state index contributed by atoms with van der Waals surface area (Å²) in [6.07, 6.45) is 0. The Morgan fingerprint density at radius 2 is 2.17 bits per heavy atom. The minimum Gasteiger partial charge on any atom is -0.508 e. The van der Waals surface area contributed by atoms with Crippen molar-refractivity contribution in [2.24, 2.45) is 11.7 Å². The Balaban J connectivity index is 2.86. The number of phenolic OH excluding ortho intramolecular Hbond substituents is 1. The molecule has 0 radical (unpaired) electrons. The summed E-state index contributed by atoms with van der Waals surface area (Å²) in [5.41, 5.74) is 6.87. The molecule has 1 aromatic carbocycles. The van der Waals surface area contributed by atoms with Gasteiger partial charge in [0.1, 0.15) is 5.75 Å². The van der Waals surface area contributed by atoms with Gasteiger partial charge in [-0.15, -0.1) is 0 Å². The largest absolute Gasteiger partial charge is 0.508 e. The fourth-order valence-corrected chi connectivity index (χ4v) is 1.73. The molecular formula is C14H22N2O2. The summed E-state index contributed by atoms with van der Waals surface area (Å²) in [6.45, 7) is 7.59. The van der Waals surface area contributed by atoms with Crippen molar-refractivity contribution >= 4 is 5.91 Å². The van der Waals surface area contributed by atoms with Crippen LogP contribution in [0.15, 0.2) is 18.2 Å². The average molecular weight is 250 g/mol. The Hall–Kier alpha value is -1.55. The first-order chi connectivity index (χ1) is 8.49. The predicted octanol–water partition coefficient (Wildman–Crippen LogP) is 1.76. The summed E-state index contributed by atoms with van der Waals surface area (Å²) in [6, 6.07) is 5.02. The highest BCUT2D eigenvalue weighted by Crippen LogP contribution is 2.18. The molecule has 0 aliphatic rings. The monoisotopic (exact) mass is 250 g/mol. The van der Waals surface area contributed by atoms with Gasteiger partial charge in [0.05, 0.1) is 0 Å². The van der Waals surface area contributed by atoms with Gasteiger partial charge in [-0.1, -0.05) is 13.0 Å². The summed E-state index contributed by atoms with van der Waals surface area (Å²) in [4.78, 5) is 14.0. The summed E-state index contributed by atoms with van der Waals surface area (Å²) in [5, 5.41) is 9.64. The summed E-state index contributed by atoms with van der Waals surface area (Å²) < 4.78 is 0. The molecule has 0 heterocycles. The van der Waals surface area contributed by atoms with Gasteiger partial charge in [-0.3, -0.25) is 4.79 Å². The second-order valence-corrected chi connectivity index (χ2v) is 4.69. The quantitative estimate of drug-likeness (QED) is 0.836. The van der Waals surface area contributed by atoms with E-state index in [0.29, 0.717) is 25.2 Å². The molecule has 0 bridgehead atoms. The van der Waals surface area contributed by atoms with E-state index in [9.17, 15) is 9.90 Å². The van der Waals surface area contributed by atoms with Gasteiger partial charge in [0.25, 0.3) is 5.91 Å². The van der Waals surface area contributed by atoms with Crippen LogP contribution in [0.2, 0.25) is 0 Å². The standard InChI is InChI=1S/C14H22N2O2/c1-4-16(9-10(2)8-15)14(18)12-6-5-11(3)13(17)7-12/h5-7,10,17H,4,8-9,15H2,1-3H3. The molecule has 4 heteroatoms. The van der Waals surface area contributed by atoms with Crippen LogP contribution in [0.4, 0.5) is 0 Å². The lowest BCUT2D eigenvalue weighted by Crippen LogP contribution is -2.36. The molecule has 1 aromatic rings. The second-order valence-electron chi connectivity index (χ2n) is 4.69. The van der Waals surface area contributed by atoms with Crippen LogP contribution in [0.3, 0.4) is 0 Å². The SMILES string of the molecule is CCN(CC(C)CN)C(=O)c1ccc(C)c(O)c1. The van der Waals surface area contributed by atoms with Gasteiger partial charge in [0.15, 0.2) is 0 Å². The number of hydrogen-bond donors (Lipinski definition) is 2. The Labute approximate surface area is 108 Å². The lowest BCUT2D eigenvalue weighted by atomic mass is 10.1. The molecule has 3 N–H and O–H groups in total. The number of aryl methyl sites for hydroxylation is 1. The second kappa shape index (κ2) is 6.40. The number of aromatic hydroxyl groups is 1. The number of benzene rings is 1. The van der Waals surface area contributed by atoms with Crippen molar-refractivity contribution in [3.05, 3.63) is 29.3 Å². The number of nitrogens with two attached hydrogens (primary N) is 1. The smallest absolute Gasteiger partial charge is 0.253 e. The van der Waals surface area contributed by atoms with Crippen molar-refractivity contribution in [3.63, 3.8) is 0 Å². The maximum Gasteiger partial charge on any atom is 0.253 e. The minimum atomic E-state index is -0.0619. The first-order valence-corrected chi connectivity index (χ1v) is 6.28. The number of carbonyl (C=O) groups is 1. The van der Waals surface area contributed by atoms with Crippen molar-refractivity contribution in [2.45, 2.75) is 20.8 Å². The summed E-state index contributed by atoms with van der Waals surface area (Å²) in [7, 11) is 0. The van der Waals surface area contributed by atoms with Crippen molar-refractivity contribution in [3.8, 4) is 5.75 Å². The van der Waals surface area contributed by atoms with Crippen molar-refractivity contribution in [1.29, 1.82) is 0 Å². The predicted molar refractivity (Wildman–Crippen MR) is 72.6 cm³/mol. The Morgan fingerprint density at radius 1 is 1.50 bits per heavy atom. The third-order valence-corrected chi connectivity index (χ3v) is 3.06. The highest BCUT2D eigenvalue weighted by Gasteiger charge is 2.16. The van der Waals surface area contributed by atoms with E-state index >= 15 is 0 Å². The van der Waals surface area contributed by atoms with E-state index in [1.807, 2.05) is 13.8 Å². The molecule has 1 amide bonds. The maximum absolute atomic E-state index is 12.3. The highest BCUT2D eigenvalue weighted by atomic mass is 16.3. The van der Waals surface area contributed by atoms with Crippen molar-refractivity contribution in [2.75, 3.05) is 19.6 Å². The lowest BCUT2D eigenvalue weighted by molar-refractivity contribution is 0.0743. The van der Waals surface area contributed by atoms with E-state index < -0.39 is 0 Å². The van der Waals surface area contributed by atoms with Crippen LogP contribution in [0.5, 0.6) is 5.75 Å². The van der Waals surface area contributed by atoms with Gasteiger partial charge >= 0.3 is 0 Å².